The minimum Gasteiger partial charge on any atom is -0.378 e. The maximum Gasteiger partial charge on any atom is 0.225 e. The van der Waals surface area contributed by atoms with Crippen LogP contribution in [0.5, 0.6) is 0 Å². The van der Waals surface area contributed by atoms with Gasteiger partial charge in [-0.3, -0.25) is 4.98 Å². The van der Waals surface area contributed by atoms with Crippen LogP contribution in [0.3, 0.4) is 0 Å². The monoisotopic (exact) mass is 350 g/mol. The average Bonchev–Trinajstić information content (AvgIpc) is 3.10. The van der Waals surface area contributed by atoms with Crippen LogP contribution in [0, 0.1) is 13.8 Å². The van der Waals surface area contributed by atoms with Gasteiger partial charge in [0.15, 0.2) is 0 Å². The van der Waals surface area contributed by atoms with E-state index in [4.69, 9.17) is 4.74 Å². The normalized spacial score (nSPS) is 14.6. The number of ether oxygens (including phenoxy) is 1. The molecule has 0 aliphatic carbocycles. The number of imidazole rings is 1. The highest BCUT2D eigenvalue weighted by atomic mass is 16.5. The third-order valence-corrected chi connectivity index (χ3v) is 4.40. The molecule has 4 heterocycles. The summed E-state index contributed by atoms with van der Waals surface area (Å²) in [4.78, 5) is 20.1. The Kier molecular flexibility index (Phi) is 4.62. The zero-order valence-corrected chi connectivity index (χ0v) is 15.1. The van der Waals surface area contributed by atoms with Crippen molar-refractivity contribution in [1.82, 2.24) is 24.5 Å². The quantitative estimate of drug-likeness (QED) is 0.719. The number of nitrogens with zero attached hydrogens (tertiary/aromatic N) is 6. The molecule has 0 saturated carbocycles. The zero-order chi connectivity index (χ0) is 17.9. The van der Waals surface area contributed by atoms with Crippen molar-refractivity contribution in [2.45, 2.75) is 20.4 Å². The third-order valence-electron chi connectivity index (χ3n) is 4.40. The van der Waals surface area contributed by atoms with Crippen LogP contribution in [0.1, 0.15) is 17.0 Å². The molecule has 0 spiro atoms. The Bertz CT molecular complexity index is 863. The van der Waals surface area contributed by atoms with Gasteiger partial charge in [0.05, 0.1) is 18.8 Å². The molecular weight excluding hydrogens is 328 g/mol. The number of rotatable bonds is 4. The SMILES string of the molecule is Cc1cc(Cn2ccnc2-c2cnc(N3CCOCC3)nc2)cc(C)n1. The molecule has 4 rings (SSSR count). The summed E-state index contributed by atoms with van der Waals surface area (Å²) < 4.78 is 7.49. The molecule has 0 unspecified atom stereocenters. The predicted molar refractivity (Wildman–Crippen MR) is 99.1 cm³/mol. The fourth-order valence-electron chi connectivity index (χ4n) is 3.27. The Balaban J connectivity index is 1.56. The van der Waals surface area contributed by atoms with Gasteiger partial charge in [0.1, 0.15) is 5.82 Å². The van der Waals surface area contributed by atoms with Crippen molar-refractivity contribution in [2.24, 2.45) is 0 Å². The van der Waals surface area contributed by atoms with E-state index in [0.29, 0.717) is 0 Å². The lowest BCUT2D eigenvalue weighted by Crippen LogP contribution is -2.37. The van der Waals surface area contributed by atoms with E-state index in [0.717, 1.165) is 61.6 Å². The van der Waals surface area contributed by atoms with Crippen LogP contribution in [-0.4, -0.2) is 50.8 Å². The summed E-state index contributed by atoms with van der Waals surface area (Å²) >= 11 is 0. The van der Waals surface area contributed by atoms with Crippen molar-refractivity contribution in [3.63, 3.8) is 0 Å². The van der Waals surface area contributed by atoms with E-state index >= 15 is 0 Å². The summed E-state index contributed by atoms with van der Waals surface area (Å²) in [7, 11) is 0. The Morgan fingerprint density at radius 1 is 1.00 bits per heavy atom. The molecule has 7 heteroatoms. The number of hydrogen-bond donors (Lipinski definition) is 0. The summed E-state index contributed by atoms with van der Waals surface area (Å²) in [5.41, 5.74) is 4.18. The van der Waals surface area contributed by atoms with E-state index in [1.54, 1.807) is 0 Å². The molecule has 0 atom stereocenters. The molecule has 1 aliphatic heterocycles. The average molecular weight is 350 g/mol. The molecule has 1 aliphatic rings. The van der Waals surface area contributed by atoms with Crippen LogP contribution in [-0.2, 0) is 11.3 Å². The Morgan fingerprint density at radius 3 is 2.38 bits per heavy atom. The maximum atomic E-state index is 5.38. The number of morpholine rings is 1. The first-order valence-corrected chi connectivity index (χ1v) is 8.79. The number of aryl methyl sites for hydroxylation is 2. The lowest BCUT2D eigenvalue weighted by Gasteiger charge is -2.26. The van der Waals surface area contributed by atoms with E-state index in [1.165, 1.54) is 5.56 Å². The first-order chi connectivity index (χ1) is 12.7. The first-order valence-electron chi connectivity index (χ1n) is 8.79. The van der Waals surface area contributed by atoms with Gasteiger partial charge < -0.3 is 14.2 Å². The molecule has 0 radical (unpaired) electrons. The van der Waals surface area contributed by atoms with E-state index in [9.17, 15) is 0 Å². The molecule has 1 saturated heterocycles. The van der Waals surface area contributed by atoms with Crippen molar-refractivity contribution < 1.29 is 4.74 Å². The minimum absolute atomic E-state index is 0.723. The number of anilines is 1. The molecule has 7 nitrogen and oxygen atoms in total. The fraction of sp³-hybridized carbons (Fsp3) is 0.368. The van der Waals surface area contributed by atoms with Gasteiger partial charge in [-0.05, 0) is 31.5 Å². The molecule has 134 valence electrons. The predicted octanol–water partition coefficient (Wildman–Crippen LogP) is 2.24. The van der Waals surface area contributed by atoms with E-state index in [1.807, 2.05) is 38.6 Å². The molecule has 26 heavy (non-hydrogen) atoms. The number of aromatic nitrogens is 5. The van der Waals surface area contributed by atoms with Crippen molar-refractivity contribution in [1.29, 1.82) is 0 Å². The van der Waals surface area contributed by atoms with Crippen molar-refractivity contribution in [3.05, 3.63) is 53.9 Å². The fourth-order valence-corrected chi connectivity index (χ4v) is 3.27. The molecule has 0 amide bonds. The maximum absolute atomic E-state index is 5.38. The van der Waals surface area contributed by atoms with Gasteiger partial charge in [-0.15, -0.1) is 0 Å². The lowest BCUT2D eigenvalue weighted by atomic mass is 10.2. The zero-order valence-electron chi connectivity index (χ0n) is 15.1. The summed E-state index contributed by atoms with van der Waals surface area (Å²) in [6.07, 6.45) is 7.49. The van der Waals surface area contributed by atoms with Gasteiger partial charge in [-0.25, -0.2) is 15.0 Å². The molecule has 3 aromatic rings. The largest absolute Gasteiger partial charge is 0.378 e. The van der Waals surface area contributed by atoms with Crippen molar-refractivity contribution in [3.8, 4) is 11.4 Å². The van der Waals surface area contributed by atoms with Crippen molar-refractivity contribution >= 4 is 5.95 Å². The highest BCUT2D eigenvalue weighted by Gasteiger charge is 2.14. The molecule has 0 aromatic carbocycles. The molecule has 0 bridgehead atoms. The van der Waals surface area contributed by atoms with E-state index in [2.05, 4.69) is 41.5 Å². The van der Waals surface area contributed by atoms with Crippen LogP contribution < -0.4 is 4.90 Å². The van der Waals surface area contributed by atoms with Crippen LogP contribution in [0.25, 0.3) is 11.4 Å². The smallest absolute Gasteiger partial charge is 0.225 e. The van der Waals surface area contributed by atoms with Crippen LogP contribution >= 0.6 is 0 Å². The third kappa shape index (κ3) is 3.57. The highest BCUT2D eigenvalue weighted by molar-refractivity contribution is 5.54. The highest BCUT2D eigenvalue weighted by Crippen LogP contribution is 2.19. The first kappa shape index (κ1) is 16.7. The second kappa shape index (κ2) is 7.21. The standard InChI is InChI=1S/C19H22N6O/c1-14-9-16(10-15(2)23-14)13-25-4-3-20-18(25)17-11-21-19(22-12-17)24-5-7-26-8-6-24/h3-4,9-12H,5-8,13H2,1-2H3. The van der Waals surface area contributed by atoms with Crippen LogP contribution in [0.4, 0.5) is 5.95 Å². The second-order valence-electron chi connectivity index (χ2n) is 6.51. The molecule has 1 fully saturated rings. The van der Waals surface area contributed by atoms with Gasteiger partial charge in [0, 0.05) is 55.8 Å². The number of hydrogen-bond acceptors (Lipinski definition) is 6. The Morgan fingerprint density at radius 2 is 1.69 bits per heavy atom. The lowest BCUT2D eigenvalue weighted by molar-refractivity contribution is 0.122. The Hall–Kier alpha value is -2.80. The topological polar surface area (TPSA) is 69.0 Å². The minimum atomic E-state index is 0.723. The summed E-state index contributed by atoms with van der Waals surface area (Å²) in [6.45, 7) is 7.88. The van der Waals surface area contributed by atoms with Crippen LogP contribution in [0.2, 0.25) is 0 Å². The second-order valence-corrected chi connectivity index (χ2v) is 6.51. The van der Waals surface area contributed by atoms with Gasteiger partial charge >= 0.3 is 0 Å². The van der Waals surface area contributed by atoms with Crippen LogP contribution in [0.15, 0.2) is 36.9 Å². The molecule has 3 aromatic heterocycles. The summed E-state index contributed by atoms with van der Waals surface area (Å²) in [5, 5.41) is 0. The van der Waals surface area contributed by atoms with Gasteiger partial charge in [0.25, 0.3) is 0 Å². The summed E-state index contributed by atoms with van der Waals surface area (Å²) in [5.74, 6) is 1.61. The van der Waals surface area contributed by atoms with E-state index < -0.39 is 0 Å². The number of pyridine rings is 1. The Labute approximate surface area is 152 Å². The molecular formula is C19H22N6O. The van der Waals surface area contributed by atoms with Gasteiger partial charge in [0.2, 0.25) is 5.95 Å². The summed E-state index contributed by atoms with van der Waals surface area (Å²) in [6, 6.07) is 4.21. The van der Waals surface area contributed by atoms with Crippen molar-refractivity contribution in [2.75, 3.05) is 31.2 Å². The van der Waals surface area contributed by atoms with Gasteiger partial charge in [-0.1, -0.05) is 0 Å². The molecule has 0 N–H and O–H groups in total. The van der Waals surface area contributed by atoms with Gasteiger partial charge in [-0.2, -0.15) is 0 Å². The van der Waals surface area contributed by atoms with E-state index in [-0.39, 0.29) is 0 Å².